The predicted octanol–water partition coefficient (Wildman–Crippen LogP) is 4.06. The third kappa shape index (κ3) is 3.59. The monoisotopic (exact) mass is 461 g/mol. The minimum Gasteiger partial charge on any atom is -0.494 e. The van der Waals surface area contributed by atoms with Crippen molar-refractivity contribution in [3.8, 4) is 16.9 Å². The molecule has 9 heteroatoms. The molecule has 1 fully saturated rings. The molecule has 2 aromatic heterocycles. The van der Waals surface area contributed by atoms with Crippen molar-refractivity contribution in [3.63, 3.8) is 0 Å². The van der Waals surface area contributed by atoms with Crippen molar-refractivity contribution in [2.45, 2.75) is 45.8 Å². The fourth-order valence-corrected chi connectivity index (χ4v) is 4.45. The molecule has 2 N–H and O–H groups in total. The zero-order valence-electron chi connectivity index (χ0n) is 17.2. The van der Waals surface area contributed by atoms with E-state index in [4.69, 9.17) is 4.74 Å². The summed E-state index contributed by atoms with van der Waals surface area (Å²) in [6.07, 6.45) is 5.02. The lowest BCUT2D eigenvalue weighted by Crippen LogP contribution is -2.30. The van der Waals surface area contributed by atoms with E-state index in [0.717, 1.165) is 37.7 Å². The van der Waals surface area contributed by atoms with Crippen LogP contribution in [0.4, 0.5) is 4.39 Å². The maximum Gasteiger partial charge on any atom is 0.341 e. The Labute approximate surface area is 192 Å². The van der Waals surface area contributed by atoms with Gasteiger partial charge in [-0.3, -0.25) is 4.79 Å². The molecule has 1 saturated carbocycles. The Balaban J connectivity index is 0.00000144. The highest BCUT2D eigenvalue weighted by Gasteiger charge is 2.31. The molecule has 5 rings (SSSR count). The van der Waals surface area contributed by atoms with Crippen LogP contribution in [0.3, 0.4) is 0 Å². The van der Waals surface area contributed by atoms with E-state index in [1.54, 1.807) is 4.57 Å². The van der Waals surface area contributed by atoms with Gasteiger partial charge >= 0.3 is 5.97 Å². The summed E-state index contributed by atoms with van der Waals surface area (Å²) in [5.74, 6) is -1.67. The Kier molecular flexibility index (Phi) is 6.44. The van der Waals surface area contributed by atoms with E-state index in [1.165, 1.54) is 13.3 Å². The number of nitrogens with one attached hydrogen (secondary N) is 1. The van der Waals surface area contributed by atoms with Gasteiger partial charge in [-0.15, -0.1) is 0 Å². The molecule has 0 bridgehead atoms. The lowest BCUT2D eigenvalue weighted by molar-refractivity contribution is 0.0695. The minimum atomic E-state index is -1.32. The van der Waals surface area contributed by atoms with Crippen LogP contribution >= 0.6 is 13.5 Å². The van der Waals surface area contributed by atoms with E-state index < -0.39 is 17.2 Å². The summed E-state index contributed by atoms with van der Waals surface area (Å²) in [5, 5.41) is 12.9. The van der Waals surface area contributed by atoms with Crippen LogP contribution in [-0.4, -0.2) is 33.9 Å². The molecule has 32 heavy (non-hydrogen) atoms. The molecule has 7 nitrogen and oxygen atoms in total. The number of carboxylic acid groups (broad SMARTS) is 1. The van der Waals surface area contributed by atoms with Crippen molar-refractivity contribution in [2.24, 2.45) is 0 Å². The van der Waals surface area contributed by atoms with Crippen molar-refractivity contribution >= 4 is 30.4 Å². The summed E-state index contributed by atoms with van der Waals surface area (Å²) >= 11 is 0. The van der Waals surface area contributed by atoms with Crippen LogP contribution in [0.1, 0.15) is 55.3 Å². The number of pyridine rings is 1. The number of carbonyl (C=O) groups is 1. The summed E-state index contributed by atoms with van der Waals surface area (Å²) < 4.78 is 24.9. The van der Waals surface area contributed by atoms with E-state index in [9.17, 15) is 14.7 Å². The van der Waals surface area contributed by atoms with E-state index >= 15 is 4.39 Å². The fourth-order valence-electron chi connectivity index (χ4n) is 4.45. The van der Waals surface area contributed by atoms with Crippen molar-refractivity contribution < 1.29 is 19.0 Å². The van der Waals surface area contributed by atoms with Gasteiger partial charge in [0, 0.05) is 48.8 Å². The SMILES string of the molecule is C.COc1c(-c2cc3n(c2)CCN[C@H]3C)c(F)cc2c(=O)c(C(=O)O)cn(C3CC3)c12.S. The van der Waals surface area contributed by atoms with Gasteiger partial charge in [0.05, 0.1) is 23.6 Å². The summed E-state index contributed by atoms with van der Waals surface area (Å²) in [5.41, 5.74) is 1.40. The topological polar surface area (TPSA) is 85.5 Å². The molecule has 0 radical (unpaired) electrons. The molecule has 0 amide bonds. The zero-order chi connectivity index (χ0) is 21.2. The van der Waals surface area contributed by atoms with Gasteiger partial charge < -0.3 is 24.3 Å². The predicted molar refractivity (Wildman–Crippen MR) is 127 cm³/mol. The highest BCUT2D eigenvalue weighted by Crippen LogP contribution is 2.44. The summed E-state index contributed by atoms with van der Waals surface area (Å²) in [7, 11) is 1.45. The first-order chi connectivity index (χ1) is 14.4. The van der Waals surface area contributed by atoms with Gasteiger partial charge in [-0.05, 0) is 31.9 Å². The number of nitrogens with zero attached hydrogens (tertiary/aromatic N) is 2. The summed E-state index contributed by atoms with van der Waals surface area (Å²) in [6, 6.07) is 3.31. The number of carboxylic acids is 1. The van der Waals surface area contributed by atoms with Crippen LogP contribution < -0.4 is 15.5 Å². The molecule has 172 valence electrons. The van der Waals surface area contributed by atoms with E-state index in [1.807, 2.05) is 12.3 Å². The number of aromatic nitrogens is 2. The van der Waals surface area contributed by atoms with E-state index in [0.29, 0.717) is 11.1 Å². The third-order valence-electron chi connectivity index (χ3n) is 6.06. The average Bonchev–Trinajstić information content (AvgIpc) is 3.46. The van der Waals surface area contributed by atoms with E-state index in [2.05, 4.69) is 16.8 Å². The normalized spacial score (nSPS) is 17.3. The maximum atomic E-state index is 15.4. The molecule has 0 spiro atoms. The second-order valence-electron chi connectivity index (χ2n) is 8.00. The molecule has 3 heterocycles. The van der Waals surface area contributed by atoms with Crippen LogP contribution in [0.25, 0.3) is 22.0 Å². The number of hydrogen-bond acceptors (Lipinski definition) is 4. The maximum absolute atomic E-state index is 15.4. The van der Waals surface area contributed by atoms with Gasteiger partial charge in [0.25, 0.3) is 0 Å². The molecular weight excluding hydrogens is 433 g/mol. The number of methoxy groups -OCH3 is 1. The molecule has 0 saturated heterocycles. The average molecular weight is 462 g/mol. The van der Waals surface area contributed by atoms with Gasteiger partial charge in [-0.2, -0.15) is 13.5 Å². The smallest absolute Gasteiger partial charge is 0.341 e. The molecule has 1 aliphatic carbocycles. The second kappa shape index (κ2) is 8.63. The first-order valence-electron chi connectivity index (χ1n) is 10.0. The van der Waals surface area contributed by atoms with Crippen molar-refractivity contribution in [1.29, 1.82) is 0 Å². The van der Waals surface area contributed by atoms with Crippen LogP contribution in [-0.2, 0) is 6.54 Å². The Hall–Kier alpha value is -2.78. The molecule has 1 aromatic carbocycles. The fraction of sp³-hybridized carbons (Fsp3) is 0.391. The first-order valence-corrected chi connectivity index (χ1v) is 10.0. The van der Waals surface area contributed by atoms with Crippen molar-refractivity contribution in [1.82, 2.24) is 14.5 Å². The van der Waals surface area contributed by atoms with E-state index in [-0.39, 0.29) is 55.3 Å². The van der Waals surface area contributed by atoms with Gasteiger partial charge in [0.1, 0.15) is 11.4 Å². The third-order valence-corrected chi connectivity index (χ3v) is 6.06. The number of fused-ring (bicyclic) bond motifs is 2. The first kappa shape index (κ1) is 23.9. The molecule has 1 atom stereocenters. The minimum absolute atomic E-state index is 0. The van der Waals surface area contributed by atoms with Gasteiger partial charge in [0.2, 0.25) is 5.43 Å². The lowest BCUT2D eigenvalue weighted by atomic mass is 10.0. The second-order valence-corrected chi connectivity index (χ2v) is 8.00. The Morgan fingerprint density at radius 2 is 2.00 bits per heavy atom. The van der Waals surface area contributed by atoms with Gasteiger partial charge in [-0.1, -0.05) is 7.43 Å². The van der Waals surface area contributed by atoms with Crippen LogP contribution in [0.15, 0.2) is 29.3 Å². The lowest BCUT2D eigenvalue weighted by Gasteiger charge is -2.22. The van der Waals surface area contributed by atoms with Gasteiger partial charge in [0.15, 0.2) is 5.75 Å². The largest absolute Gasteiger partial charge is 0.494 e. The standard InChI is InChI=1S/C22H22FN3O4.CH4.H2S/c1-11-17-7-12(9-25(17)6-5-24-11)18-16(23)8-14-19(21(18)30-2)26(13-3-4-13)10-15(20(14)27)22(28)29;;/h7-11,13,24H,3-6H2,1-2H3,(H,28,29);1H4;1H2/t11-;;/m0../s1. The highest BCUT2D eigenvalue weighted by atomic mass is 32.1. The Bertz CT molecular complexity index is 1260. The number of rotatable bonds is 4. The van der Waals surface area contributed by atoms with Crippen LogP contribution in [0, 0.1) is 5.82 Å². The molecule has 0 unspecified atom stereocenters. The number of hydrogen-bond donors (Lipinski definition) is 2. The quantitative estimate of drug-likeness (QED) is 0.612. The summed E-state index contributed by atoms with van der Waals surface area (Å²) in [4.78, 5) is 24.4. The van der Waals surface area contributed by atoms with Gasteiger partial charge in [-0.25, -0.2) is 9.18 Å². The van der Waals surface area contributed by atoms with Crippen LogP contribution in [0.2, 0.25) is 0 Å². The molecular formula is C23H28FN3O4S. The Morgan fingerprint density at radius 3 is 2.59 bits per heavy atom. The number of ether oxygens (including phenoxy) is 1. The van der Waals surface area contributed by atoms with Crippen molar-refractivity contribution in [3.05, 3.63) is 51.8 Å². The highest BCUT2D eigenvalue weighted by molar-refractivity contribution is 7.59. The zero-order valence-corrected chi connectivity index (χ0v) is 18.2. The Morgan fingerprint density at radius 1 is 1.28 bits per heavy atom. The number of halogens is 1. The number of aromatic carboxylic acids is 1. The van der Waals surface area contributed by atoms with Crippen molar-refractivity contribution in [2.75, 3.05) is 13.7 Å². The number of benzene rings is 1. The summed E-state index contributed by atoms with van der Waals surface area (Å²) in [6.45, 7) is 3.67. The molecule has 3 aromatic rings. The molecule has 1 aliphatic heterocycles. The van der Waals surface area contributed by atoms with Crippen LogP contribution in [0.5, 0.6) is 5.75 Å². The molecule has 2 aliphatic rings.